The second-order valence-corrected chi connectivity index (χ2v) is 8.66. The minimum atomic E-state index is -0.165. The van der Waals surface area contributed by atoms with Crippen LogP contribution in [0, 0.1) is 0 Å². The Bertz CT molecular complexity index is 1450. The van der Waals surface area contributed by atoms with Crippen molar-refractivity contribution in [3.8, 4) is 17.0 Å². The Morgan fingerprint density at radius 3 is 2.22 bits per heavy atom. The van der Waals surface area contributed by atoms with Crippen LogP contribution in [-0.2, 0) is 6.42 Å². The summed E-state index contributed by atoms with van der Waals surface area (Å²) in [5.41, 5.74) is 5.32. The quantitative estimate of drug-likeness (QED) is 0.264. The Morgan fingerprint density at radius 2 is 1.50 bits per heavy atom. The molecule has 178 valence electrons. The van der Waals surface area contributed by atoms with Crippen molar-refractivity contribution in [1.29, 1.82) is 0 Å². The molecule has 1 N–H and O–H groups in total. The number of benzene rings is 4. The van der Waals surface area contributed by atoms with Gasteiger partial charge in [0.15, 0.2) is 0 Å². The highest BCUT2D eigenvalue weighted by Gasteiger charge is 2.19. The van der Waals surface area contributed by atoms with Gasteiger partial charge in [-0.05, 0) is 60.9 Å². The van der Waals surface area contributed by atoms with Gasteiger partial charge in [0.1, 0.15) is 5.75 Å². The van der Waals surface area contributed by atoms with Crippen LogP contribution in [0.5, 0.6) is 5.75 Å². The smallest absolute Gasteiger partial charge is 0.252 e. The van der Waals surface area contributed by atoms with Crippen LogP contribution in [0.15, 0.2) is 115 Å². The van der Waals surface area contributed by atoms with Gasteiger partial charge in [-0.1, -0.05) is 78.9 Å². The molecule has 0 unspecified atom stereocenters. The summed E-state index contributed by atoms with van der Waals surface area (Å²) >= 11 is 0. The molecular formula is C32H28N2O2. The summed E-state index contributed by atoms with van der Waals surface area (Å²) in [5.74, 6) is 0.692. The standard InChI is InChI=1S/C32H28N2O2/c1-2-36-26-19-17-25(18-20-26)31-22-28(27-15-9-10-16-29(27)33-31)32(35)34-30(24-13-7-4-8-14-24)21-23-11-5-3-6-12-23/h3-20,22,30H,2,21H2,1H3,(H,34,35)/t30-/m0/s1. The molecule has 4 heteroatoms. The molecule has 36 heavy (non-hydrogen) atoms. The number of rotatable bonds is 8. The van der Waals surface area contributed by atoms with Gasteiger partial charge in [-0.15, -0.1) is 0 Å². The topological polar surface area (TPSA) is 51.2 Å². The van der Waals surface area contributed by atoms with Crippen molar-refractivity contribution in [2.24, 2.45) is 0 Å². The van der Waals surface area contributed by atoms with E-state index in [0.29, 0.717) is 18.6 Å². The molecule has 1 atom stereocenters. The third kappa shape index (κ3) is 5.28. The number of carbonyl (C=O) groups is 1. The molecule has 0 spiro atoms. The van der Waals surface area contributed by atoms with Gasteiger partial charge < -0.3 is 10.1 Å². The van der Waals surface area contributed by atoms with Gasteiger partial charge in [0.05, 0.1) is 29.4 Å². The molecule has 1 amide bonds. The second kappa shape index (κ2) is 10.9. The fraction of sp³-hybridized carbons (Fsp3) is 0.125. The molecule has 0 aliphatic carbocycles. The molecule has 5 aromatic rings. The first-order valence-corrected chi connectivity index (χ1v) is 12.2. The molecule has 0 bridgehead atoms. The Labute approximate surface area is 211 Å². The number of amides is 1. The summed E-state index contributed by atoms with van der Waals surface area (Å²) in [6.07, 6.45) is 0.700. The van der Waals surface area contributed by atoms with Crippen LogP contribution >= 0.6 is 0 Å². The van der Waals surface area contributed by atoms with Gasteiger partial charge >= 0.3 is 0 Å². The monoisotopic (exact) mass is 472 g/mol. The number of pyridine rings is 1. The zero-order valence-electron chi connectivity index (χ0n) is 20.2. The number of aromatic nitrogens is 1. The van der Waals surface area contributed by atoms with Gasteiger partial charge in [-0.2, -0.15) is 0 Å². The maximum Gasteiger partial charge on any atom is 0.252 e. The first-order chi connectivity index (χ1) is 17.7. The van der Waals surface area contributed by atoms with E-state index in [1.807, 2.05) is 97.9 Å². The van der Waals surface area contributed by atoms with Crippen molar-refractivity contribution in [3.05, 3.63) is 132 Å². The fourth-order valence-electron chi connectivity index (χ4n) is 4.42. The lowest BCUT2D eigenvalue weighted by molar-refractivity contribution is 0.0938. The van der Waals surface area contributed by atoms with Gasteiger partial charge in [0.25, 0.3) is 5.91 Å². The van der Waals surface area contributed by atoms with E-state index in [1.54, 1.807) is 0 Å². The molecule has 1 heterocycles. The highest BCUT2D eigenvalue weighted by atomic mass is 16.5. The highest BCUT2D eigenvalue weighted by Crippen LogP contribution is 2.27. The molecule has 4 nitrogen and oxygen atoms in total. The Hall–Kier alpha value is -4.44. The second-order valence-electron chi connectivity index (χ2n) is 8.66. The van der Waals surface area contributed by atoms with Crippen molar-refractivity contribution in [3.63, 3.8) is 0 Å². The zero-order valence-corrected chi connectivity index (χ0v) is 20.2. The average molecular weight is 473 g/mol. The van der Waals surface area contributed by atoms with Crippen LogP contribution in [0.2, 0.25) is 0 Å². The zero-order chi connectivity index (χ0) is 24.7. The lowest BCUT2D eigenvalue weighted by atomic mass is 9.97. The van der Waals surface area contributed by atoms with Gasteiger partial charge in [-0.3, -0.25) is 4.79 Å². The van der Waals surface area contributed by atoms with Crippen LogP contribution in [0.3, 0.4) is 0 Å². The maximum atomic E-state index is 13.8. The lowest BCUT2D eigenvalue weighted by Crippen LogP contribution is -2.30. The third-order valence-electron chi connectivity index (χ3n) is 6.21. The summed E-state index contributed by atoms with van der Waals surface area (Å²) in [6, 6.07) is 37.7. The molecule has 5 rings (SSSR count). The molecule has 0 saturated carbocycles. The Kier molecular flexibility index (Phi) is 7.04. The molecular weight excluding hydrogens is 444 g/mol. The van der Waals surface area contributed by atoms with Gasteiger partial charge in [0.2, 0.25) is 0 Å². The normalized spacial score (nSPS) is 11.7. The molecule has 0 aliphatic rings. The van der Waals surface area contributed by atoms with Gasteiger partial charge in [-0.25, -0.2) is 4.98 Å². The predicted molar refractivity (Wildman–Crippen MR) is 145 cm³/mol. The molecule has 4 aromatic carbocycles. The molecule has 1 aromatic heterocycles. The SMILES string of the molecule is CCOc1ccc(-c2cc(C(=O)N[C@@H](Cc3ccccc3)c3ccccc3)c3ccccc3n2)cc1. The number of para-hydroxylation sites is 1. The van der Waals surface area contributed by atoms with E-state index < -0.39 is 0 Å². The largest absolute Gasteiger partial charge is 0.494 e. The average Bonchev–Trinajstić information content (AvgIpc) is 2.93. The van der Waals surface area contributed by atoms with E-state index in [0.717, 1.165) is 33.5 Å². The number of nitrogens with one attached hydrogen (secondary N) is 1. The van der Waals surface area contributed by atoms with Crippen LogP contribution in [-0.4, -0.2) is 17.5 Å². The fourth-order valence-corrected chi connectivity index (χ4v) is 4.42. The van der Waals surface area contributed by atoms with E-state index in [4.69, 9.17) is 9.72 Å². The molecule has 0 saturated heterocycles. The van der Waals surface area contributed by atoms with E-state index in [2.05, 4.69) is 29.6 Å². The maximum absolute atomic E-state index is 13.8. The number of carbonyl (C=O) groups excluding carboxylic acids is 1. The van der Waals surface area contributed by atoms with E-state index >= 15 is 0 Å². The number of nitrogens with zero attached hydrogens (tertiary/aromatic N) is 1. The van der Waals surface area contributed by atoms with E-state index in [1.165, 1.54) is 5.56 Å². The van der Waals surface area contributed by atoms with Crippen LogP contribution in [0.1, 0.15) is 34.5 Å². The summed E-state index contributed by atoms with van der Waals surface area (Å²) in [5, 5.41) is 4.14. The van der Waals surface area contributed by atoms with Crippen molar-refractivity contribution >= 4 is 16.8 Å². The molecule has 0 fully saturated rings. The van der Waals surface area contributed by atoms with Crippen molar-refractivity contribution in [2.75, 3.05) is 6.61 Å². The lowest BCUT2D eigenvalue weighted by Gasteiger charge is -2.20. The van der Waals surface area contributed by atoms with Crippen molar-refractivity contribution < 1.29 is 9.53 Å². The molecule has 0 radical (unpaired) electrons. The minimum Gasteiger partial charge on any atom is -0.494 e. The minimum absolute atomic E-state index is 0.120. The summed E-state index contributed by atoms with van der Waals surface area (Å²) in [7, 11) is 0. The third-order valence-corrected chi connectivity index (χ3v) is 6.21. The number of hydrogen-bond donors (Lipinski definition) is 1. The van der Waals surface area contributed by atoms with E-state index in [-0.39, 0.29) is 11.9 Å². The molecule has 0 aliphatic heterocycles. The Morgan fingerprint density at radius 1 is 0.833 bits per heavy atom. The van der Waals surface area contributed by atoms with Crippen LogP contribution in [0.4, 0.5) is 0 Å². The van der Waals surface area contributed by atoms with Crippen molar-refractivity contribution in [1.82, 2.24) is 10.3 Å². The van der Waals surface area contributed by atoms with Crippen molar-refractivity contribution in [2.45, 2.75) is 19.4 Å². The van der Waals surface area contributed by atoms with E-state index in [9.17, 15) is 4.79 Å². The number of fused-ring (bicyclic) bond motifs is 1. The first-order valence-electron chi connectivity index (χ1n) is 12.2. The number of hydrogen-bond acceptors (Lipinski definition) is 3. The summed E-state index contributed by atoms with van der Waals surface area (Å²) in [6.45, 7) is 2.58. The Balaban J connectivity index is 1.51. The van der Waals surface area contributed by atoms with Crippen LogP contribution in [0.25, 0.3) is 22.2 Å². The highest BCUT2D eigenvalue weighted by molar-refractivity contribution is 6.07. The van der Waals surface area contributed by atoms with Crippen LogP contribution < -0.4 is 10.1 Å². The number of ether oxygens (including phenoxy) is 1. The first kappa shape index (κ1) is 23.3. The van der Waals surface area contributed by atoms with Gasteiger partial charge in [0, 0.05) is 10.9 Å². The predicted octanol–water partition coefficient (Wildman–Crippen LogP) is 7.01. The summed E-state index contributed by atoms with van der Waals surface area (Å²) < 4.78 is 5.58. The summed E-state index contributed by atoms with van der Waals surface area (Å²) in [4.78, 5) is 18.6.